The molecule has 1 heterocycles. The van der Waals surface area contributed by atoms with Crippen molar-refractivity contribution >= 4 is 0 Å². The summed E-state index contributed by atoms with van der Waals surface area (Å²) in [6.45, 7) is 4.43. The zero-order chi connectivity index (χ0) is 9.97. The molecular formula is C12H24N2. The van der Waals surface area contributed by atoms with Crippen molar-refractivity contribution in [1.29, 1.82) is 0 Å². The Morgan fingerprint density at radius 3 is 2.79 bits per heavy atom. The summed E-state index contributed by atoms with van der Waals surface area (Å²) in [6, 6.07) is 1.54. The summed E-state index contributed by atoms with van der Waals surface area (Å²) < 4.78 is 0. The van der Waals surface area contributed by atoms with Crippen molar-refractivity contribution in [3.63, 3.8) is 0 Å². The number of nitrogens with two attached hydrogens (primary N) is 1. The maximum Gasteiger partial charge on any atom is 0.0218 e. The summed E-state index contributed by atoms with van der Waals surface area (Å²) >= 11 is 0. The molecule has 1 aliphatic heterocycles. The zero-order valence-electron chi connectivity index (χ0n) is 9.41. The summed E-state index contributed by atoms with van der Waals surface area (Å²) in [5, 5.41) is 0. The Labute approximate surface area is 87.8 Å². The fourth-order valence-electron chi connectivity index (χ4n) is 3.43. The Bertz CT molecular complexity index is 177. The lowest BCUT2D eigenvalue weighted by atomic mass is 9.85. The van der Waals surface area contributed by atoms with Gasteiger partial charge in [0.1, 0.15) is 0 Å². The number of rotatable bonds is 3. The van der Waals surface area contributed by atoms with Crippen molar-refractivity contribution in [2.45, 2.75) is 57.5 Å². The van der Waals surface area contributed by atoms with Crippen LogP contribution in [0.2, 0.25) is 0 Å². The van der Waals surface area contributed by atoms with Gasteiger partial charge >= 0.3 is 0 Å². The first-order valence-corrected chi connectivity index (χ1v) is 6.32. The van der Waals surface area contributed by atoms with Gasteiger partial charge in [-0.15, -0.1) is 0 Å². The quantitative estimate of drug-likeness (QED) is 0.748. The van der Waals surface area contributed by atoms with E-state index in [1.807, 2.05) is 0 Å². The minimum absolute atomic E-state index is 0.656. The van der Waals surface area contributed by atoms with Crippen LogP contribution in [-0.2, 0) is 0 Å². The lowest BCUT2D eigenvalue weighted by Crippen LogP contribution is -2.45. The van der Waals surface area contributed by atoms with Gasteiger partial charge < -0.3 is 5.73 Å². The predicted octanol–water partition coefficient (Wildman–Crippen LogP) is 1.99. The molecule has 2 aliphatic rings. The van der Waals surface area contributed by atoms with Crippen molar-refractivity contribution in [1.82, 2.24) is 4.90 Å². The van der Waals surface area contributed by atoms with Gasteiger partial charge in [0.15, 0.2) is 0 Å². The maximum atomic E-state index is 5.84. The van der Waals surface area contributed by atoms with E-state index in [1.165, 1.54) is 45.1 Å². The molecule has 2 nitrogen and oxygen atoms in total. The predicted molar refractivity (Wildman–Crippen MR) is 60.2 cm³/mol. The second kappa shape index (κ2) is 4.63. The highest BCUT2D eigenvalue weighted by Gasteiger charge is 2.37. The van der Waals surface area contributed by atoms with Gasteiger partial charge in [0.05, 0.1) is 0 Å². The van der Waals surface area contributed by atoms with Crippen LogP contribution >= 0.6 is 0 Å². The first-order valence-electron chi connectivity index (χ1n) is 6.32. The first-order chi connectivity index (χ1) is 6.86. The molecule has 1 saturated carbocycles. The second-order valence-corrected chi connectivity index (χ2v) is 4.94. The van der Waals surface area contributed by atoms with E-state index in [0.717, 1.165) is 18.5 Å². The highest BCUT2D eigenvalue weighted by Crippen LogP contribution is 2.37. The lowest BCUT2D eigenvalue weighted by molar-refractivity contribution is 0.132. The minimum Gasteiger partial charge on any atom is -0.329 e. The lowest BCUT2D eigenvalue weighted by Gasteiger charge is -2.36. The van der Waals surface area contributed by atoms with Crippen LogP contribution in [-0.4, -0.2) is 30.1 Å². The fraction of sp³-hybridized carbons (Fsp3) is 1.00. The molecule has 0 amide bonds. The second-order valence-electron chi connectivity index (χ2n) is 4.94. The molecular weight excluding hydrogens is 172 g/mol. The average Bonchev–Trinajstić information content (AvgIpc) is 2.65. The molecule has 0 aromatic rings. The Morgan fingerprint density at radius 1 is 1.29 bits per heavy atom. The van der Waals surface area contributed by atoms with Gasteiger partial charge in [-0.25, -0.2) is 0 Å². The molecule has 0 bridgehead atoms. The van der Waals surface area contributed by atoms with Gasteiger partial charge in [0, 0.05) is 18.6 Å². The molecule has 2 N–H and O–H groups in total. The van der Waals surface area contributed by atoms with Crippen molar-refractivity contribution in [3.8, 4) is 0 Å². The fourth-order valence-corrected chi connectivity index (χ4v) is 3.43. The van der Waals surface area contributed by atoms with Crippen LogP contribution in [0.3, 0.4) is 0 Å². The SMILES string of the molecule is CCC(CN)N1CC[C@@H]2CCCC[C@@H]21. The molecule has 2 fully saturated rings. The van der Waals surface area contributed by atoms with Crippen LogP contribution in [0.4, 0.5) is 0 Å². The minimum atomic E-state index is 0.656. The van der Waals surface area contributed by atoms with Gasteiger partial charge in [0.25, 0.3) is 0 Å². The molecule has 1 saturated heterocycles. The molecule has 0 aromatic carbocycles. The summed E-state index contributed by atoms with van der Waals surface area (Å²) in [5.41, 5.74) is 5.84. The van der Waals surface area contributed by atoms with Crippen LogP contribution in [0.25, 0.3) is 0 Å². The Kier molecular flexibility index (Phi) is 3.45. The number of fused-ring (bicyclic) bond motifs is 1. The largest absolute Gasteiger partial charge is 0.329 e. The highest BCUT2D eigenvalue weighted by molar-refractivity contribution is 4.92. The summed E-state index contributed by atoms with van der Waals surface area (Å²) in [7, 11) is 0. The number of hydrogen-bond donors (Lipinski definition) is 1. The molecule has 14 heavy (non-hydrogen) atoms. The normalized spacial score (nSPS) is 35.6. The van der Waals surface area contributed by atoms with E-state index >= 15 is 0 Å². The van der Waals surface area contributed by atoms with E-state index in [-0.39, 0.29) is 0 Å². The number of nitrogens with zero attached hydrogens (tertiary/aromatic N) is 1. The molecule has 1 aliphatic carbocycles. The van der Waals surface area contributed by atoms with Gasteiger partial charge in [-0.2, -0.15) is 0 Å². The third-order valence-electron chi connectivity index (χ3n) is 4.27. The molecule has 1 unspecified atom stereocenters. The molecule has 0 spiro atoms. The van der Waals surface area contributed by atoms with Crippen LogP contribution in [0.15, 0.2) is 0 Å². The van der Waals surface area contributed by atoms with Gasteiger partial charge in [-0.1, -0.05) is 19.8 Å². The monoisotopic (exact) mass is 196 g/mol. The molecule has 0 aromatic heterocycles. The Hall–Kier alpha value is -0.0800. The number of likely N-dealkylation sites (tertiary alicyclic amines) is 1. The van der Waals surface area contributed by atoms with E-state index < -0.39 is 0 Å². The zero-order valence-corrected chi connectivity index (χ0v) is 9.41. The van der Waals surface area contributed by atoms with E-state index in [4.69, 9.17) is 5.73 Å². The molecule has 0 radical (unpaired) electrons. The Morgan fingerprint density at radius 2 is 2.07 bits per heavy atom. The van der Waals surface area contributed by atoms with Crippen molar-refractivity contribution in [2.75, 3.05) is 13.1 Å². The summed E-state index contributed by atoms with van der Waals surface area (Å²) in [5.74, 6) is 1.00. The molecule has 3 atom stereocenters. The molecule has 82 valence electrons. The summed E-state index contributed by atoms with van der Waals surface area (Å²) in [6.07, 6.45) is 8.47. The van der Waals surface area contributed by atoms with Crippen molar-refractivity contribution in [2.24, 2.45) is 11.7 Å². The number of hydrogen-bond acceptors (Lipinski definition) is 2. The van der Waals surface area contributed by atoms with Gasteiger partial charge in [-0.3, -0.25) is 4.90 Å². The maximum absolute atomic E-state index is 5.84. The van der Waals surface area contributed by atoms with Crippen LogP contribution in [0, 0.1) is 5.92 Å². The van der Waals surface area contributed by atoms with Crippen molar-refractivity contribution in [3.05, 3.63) is 0 Å². The Balaban J connectivity index is 1.99. The smallest absolute Gasteiger partial charge is 0.0218 e. The van der Waals surface area contributed by atoms with E-state index in [9.17, 15) is 0 Å². The van der Waals surface area contributed by atoms with E-state index in [1.54, 1.807) is 0 Å². The van der Waals surface area contributed by atoms with Gasteiger partial charge in [0.2, 0.25) is 0 Å². The molecule has 2 rings (SSSR count). The summed E-state index contributed by atoms with van der Waals surface area (Å²) in [4.78, 5) is 2.71. The average molecular weight is 196 g/mol. The standard InChI is InChI=1S/C12H24N2/c1-2-11(9-13)14-8-7-10-5-3-4-6-12(10)14/h10-12H,2-9,13H2,1H3/t10-,11?,12-/m0/s1. The first kappa shape index (κ1) is 10.4. The molecule has 2 heteroatoms. The van der Waals surface area contributed by atoms with Gasteiger partial charge in [-0.05, 0) is 38.1 Å². The highest BCUT2D eigenvalue weighted by atomic mass is 15.2. The third-order valence-corrected chi connectivity index (χ3v) is 4.27. The van der Waals surface area contributed by atoms with E-state index in [0.29, 0.717) is 6.04 Å². The third kappa shape index (κ3) is 1.82. The van der Waals surface area contributed by atoms with E-state index in [2.05, 4.69) is 11.8 Å². The van der Waals surface area contributed by atoms with Crippen molar-refractivity contribution < 1.29 is 0 Å². The van der Waals surface area contributed by atoms with Crippen LogP contribution < -0.4 is 5.73 Å². The topological polar surface area (TPSA) is 29.3 Å². The van der Waals surface area contributed by atoms with Crippen LogP contribution in [0.1, 0.15) is 45.4 Å². The van der Waals surface area contributed by atoms with Crippen LogP contribution in [0.5, 0.6) is 0 Å².